The Morgan fingerprint density at radius 2 is 2.04 bits per heavy atom. The molecule has 1 saturated heterocycles. The number of ether oxygens (including phenoxy) is 1. The van der Waals surface area contributed by atoms with Crippen molar-refractivity contribution in [3.63, 3.8) is 0 Å². The first-order valence-electron chi connectivity index (χ1n) is 7.41. The van der Waals surface area contributed by atoms with E-state index < -0.39 is 10.0 Å². The standard InChI is InChI=1S/C15H21ClN2O4S/c1-23(20,21)18(6-5-13-3-2-4-14(16)11-13)12-15(19)17-7-9-22-10-8-17/h2-4,11H,5-10,12H2,1H3. The quantitative estimate of drug-likeness (QED) is 0.759. The Kier molecular flexibility index (Phi) is 6.41. The molecule has 0 radical (unpaired) electrons. The topological polar surface area (TPSA) is 66.9 Å². The van der Waals surface area contributed by atoms with E-state index in [9.17, 15) is 13.2 Å². The summed E-state index contributed by atoms with van der Waals surface area (Å²) in [6, 6.07) is 7.27. The molecule has 1 aliphatic heterocycles. The maximum absolute atomic E-state index is 12.3. The molecule has 8 heteroatoms. The third kappa shape index (κ3) is 5.76. The normalized spacial score (nSPS) is 15.9. The van der Waals surface area contributed by atoms with Crippen LogP contribution in [0.2, 0.25) is 5.02 Å². The van der Waals surface area contributed by atoms with E-state index in [1.165, 1.54) is 4.31 Å². The third-order valence-electron chi connectivity index (χ3n) is 3.68. The highest BCUT2D eigenvalue weighted by Gasteiger charge is 2.24. The molecule has 1 aromatic rings. The molecule has 0 aromatic heterocycles. The fourth-order valence-corrected chi connectivity index (χ4v) is 3.35. The van der Waals surface area contributed by atoms with Crippen LogP contribution in [0.25, 0.3) is 0 Å². The molecule has 0 spiro atoms. The van der Waals surface area contributed by atoms with Crippen LogP contribution >= 0.6 is 11.6 Å². The molecule has 0 aliphatic carbocycles. The molecule has 0 atom stereocenters. The fraction of sp³-hybridized carbons (Fsp3) is 0.533. The average Bonchev–Trinajstić information content (AvgIpc) is 2.51. The summed E-state index contributed by atoms with van der Waals surface area (Å²) in [7, 11) is -3.46. The molecular weight excluding hydrogens is 340 g/mol. The number of rotatable bonds is 6. The molecule has 128 valence electrons. The maximum Gasteiger partial charge on any atom is 0.238 e. The van der Waals surface area contributed by atoms with Crippen LogP contribution in [0.4, 0.5) is 0 Å². The van der Waals surface area contributed by atoms with Gasteiger partial charge in [-0.05, 0) is 24.1 Å². The molecule has 23 heavy (non-hydrogen) atoms. The number of amides is 1. The van der Waals surface area contributed by atoms with Gasteiger partial charge in [-0.2, -0.15) is 4.31 Å². The van der Waals surface area contributed by atoms with E-state index in [1.807, 2.05) is 12.1 Å². The Hall–Kier alpha value is -1.15. The zero-order chi connectivity index (χ0) is 16.9. The molecule has 0 unspecified atom stereocenters. The van der Waals surface area contributed by atoms with Crippen LogP contribution in [0.1, 0.15) is 5.56 Å². The van der Waals surface area contributed by atoms with Crippen LogP contribution in [0.15, 0.2) is 24.3 Å². The van der Waals surface area contributed by atoms with Crippen molar-refractivity contribution in [3.05, 3.63) is 34.9 Å². The summed E-state index contributed by atoms with van der Waals surface area (Å²) < 4.78 is 30.3. The van der Waals surface area contributed by atoms with Crippen LogP contribution < -0.4 is 0 Å². The van der Waals surface area contributed by atoms with Gasteiger partial charge in [-0.1, -0.05) is 23.7 Å². The monoisotopic (exact) mass is 360 g/mol. The second-order valence-electron chi connectivity index (χ2n) is 5.47. The highest BCUT2D eigenvalue weighted by molar-refractivity contribution is 7.88. The van der Waals surface area contributed by atoms with Crippen molar-refractivity contribution in [2.45, 2.75) is 6.42 Å². The lowest BCUT2D eigenvalue weighted by Crippen LogP contribution is -2.47. The smallest absolute Gasteiger partial charge is 0.238 e. The van der Waals surface area contributed by atoms with Gasteiger partial charge in [0.1, 0.15) is 0 Å². The van der Waals surface area contributed by atoms with Gasteiger partial charge in [-0.25, -0.2) is 8.42 Å². The lowest BCUT2D eigenvalue weighted by Gasteiger charge is -2.29. The fourth-order valence-electron chi connectivity index (χ4n) is 2.37. The van der Waals surface area contributed by atoms with Gasteiger partial charge in [0.2, 0.25) is 15.9 Å². The highest BCUT2D eigenvalue weighted by atomic mass is 35.5. The molecule has 1 amide bonds. The summed E-state index contributed by atoms with van der Waals surface area (Å²) in [4.78, 5) is 13.9. The number of hydrogen-bond donors (Lipinski definition) is 0. The summed E-state index contributed by atoms with van der Waals surface area (Å²) in [6.07, 6.45) is 1.63. The van der Waals surface area contributed by atoms with Gasteiger partial charge < -0.3 is 9.64 Å². The van der Waals surface area contributed by atoms with Crippen LogP contribution in [0.5, 0.6) is 0 Å². The highest BCUT2D eigenvalue weighted by Crippen LogP contribution is 2.12. The molecule has 1 aromatic carbocycles. The average molecular weight is 361 g/mol. The number of halogens is 1. The van der Waals surface area contributed by atoms with Crippen molar-refractivity contribution < 1.29 is 17.9 Å². The second kappa shape index (κ2) is 8.10. The molecule has 0 bridgehead atoms. The van der Waals surface area contributed by atoms with E-state index in [4.69, 9.17) is 16.3 Å². The summed E-state index contributed by atoms with van der Waals surface area (Å²) in [5, 5.41) is 0.609. The molecule has 6 nitrogen and oxygen atoms in total. The number of nitrogens with zero attached hydrogens (tertiary/aromatic N) is 2. The zero-order valence-electron chi connectivity index (χ0n) is 13.1. The van der Waals surface area contributed by atoms with Crippen molar-refractivity contribution >= 4 is 27.5 Å². The molecule has 0 saturated carbocycles. The number of carbonyl (C=O) groups excluding carboxylic acids is 1. The molecular formula is C15H21ClN2O4S. The van der Waals surface area contributed by atoms with E-state index in [0.29, 0.717) is 37.7 Å². The Bertz CT molecular complexity index is 645. The van der Waals surface area contributed by atoms with E-state index in [2.05, 4.69) is 0 Å². The van der Waals surface area contributed by atoms with Gasteiger partial charge in [-0.3, -0.25) is 4.79 Å². The Labute approximate surface area is 142 Å². The maximum atomic E-state index is 12.3. The van der Waals surface area contributed by atoms with Crippen LogP contribution in [0.3, 0.4) is 0 Å². The van der Waals surface area contributed by atoms with Gasteiger partial charge in [0.15, 0.2) is 0 Å². The SMILES string of the molecule is CS(=O)(=O)N(CCc1cccc(Cl)c1)CC(=O)N1CCOCC1. The largest absolute Gasteiger partial charge is 0.378 e. The van der Waals surface area contributed by atoms with Gasteiger partial charge in [-0.15, -0.1) is 0 Å². The number of benzene rings is 1. The van der Waals surface area contributed by atoms with Crippen molar-refractivity contribution in [1.29, 1.82) is 0 Å². The lowest BCUT2D eigenvalue weighted by molar-refractivity contribution is -0.135. The lowest BCUT2D eigenvalue weighted by atomic mass is 10.1. The van der Waals surface area contributed by atoms with Gasteiger partial charge in [0.25, 0.3) is 0 Å². The molecule has 1 fully saturated rings. The number of carbonyl (C=O) groups is 1. The Balaban J connectivity index is 1.98. The summed E-state index contributed by atoms with van der Waals surface area (Å²) in [5.74, 6) is -0.190. The minimum absolute atomic E-state index is 0.139. The van der Waals surface area contributed by atoms with Crippen molar-refractivity contribution in [3.8, 4) is 0 Å². The van der Waals surface area contributed by atoms with Crippen LogP contribution in [0, 0.1) is 0 Å². The summed E-state index contributed by atoms with van der Waals surface area (Å²) in [6.45, 7) is 2.10. The summed E-state index contributed by atoms with van der Waals surface area (Å²) >= 11 is 5.93. The number of hydrogen-bond acceptors (Lipinski definition) is 4. The number of sulfonamides is 1. The first-order chi connectivity index (χ1) is 10.9. The predicted octanol–water partition coefficient (Wildman–Crippen LogP) is 1.00. The predicted molar refractivity (Wildman–Crippen MR) is 89.0 cm³/mol. The molecule has 0 N–H and O–H groups in total. The Morgan fingerprint density at radius 3 is 2.65 bits per heavy atom. The van der Waals surface area contributed by atoms with Crippen molar-refractivity contribution in [1.82, 2.24) is 9.21 Å². The molecule has 1 aliphatic rings. The van der Waals surface area contributed by atoms with Gasteiger partial charge >= 0.3 is 0 Å². The van der Waals surface area contributed by atoms with E-state index in [0.717, 1.165) is 11.8 Å². The summed E-state index contributed by atoms with van der Waals surface area (Å²) in [5.41, 5.74) is 0.935. The van der Waals surface area contributed by atoms with E-state index >= 15 is 0 Å². The second-order valence-corrected chi connectivity index (χ2v) is 7.89. The van der Waals surface area contributed by atoms with E-state index in [-0.39, 0.29) is 19.0 Å². The minimum atomic E-state index is -3.46. The molecule has 1 heterocycles. The van der Waals surface area contributed by atoms with Gasteiger partial charge in [0, 0.05) is 24.7 Å². The van der Waals surface area contributed by atoms with Crippen LogP contribution in [-0.2, 0) is 26.0 Å². The Morgan fingerprint density at radius 1 is 1.35 bits per heavy atom. The first-order valence-corrected chi connectivity index (χ1v) is 9.64. The number of morpholine rings is 1. The van der Waals surface area contributed by atoms with Gasteiger partial charge in [0.05, 0.1) is 26.0 Å². The van der Waals surface area contributed by atoms with E-state index in [1.54, 1.807) is 17.0 Å². The third-order valence-corrected chi connectivity index (χ3v) is 5.17. The minimum Gasteiger partial charge on any atom is -0.378 e. The molecule has 2 rings (SSSR count). The van der Waals surface area contributed by atoms with Crippen LogP contribution in [-0.4, -0.2) is 69.2 Å². The van der Waals surface area contributed by atoms with Crippen molar-refractivity contribution in [2.24, 2.45) is 0 Å². The first kappa shape index (κ1) is 18.2. The zero-order valence-corrected chi connectivity index (χ0v) is 14.6. The van der Waals surface area contributed by atoms with Crippen molar-refractivity contribution in [2.75, 3.05) is 45.6 Å².